The molecular weight excluding hydrogens is 424 g/mol. The first-order valence-corrected chi connectivity index (χ1v) is 11.4. The zero-order valence-electron chi connectivity index (χ0n) is 20.1. The van der Waals surface area contributed by atoms with Gasteiger partial charge in [0.15, 0.2) is 0 Å². The van der Waals surface area contributed by atoms with Crippen molar-refractivity contribution < 1.29 is 24.3 Å². The van der Waals surface area contributed by atoms with E-state index in [1.807, 2.05) is 26.8 Å². The minimum atomic E-state index is -1.16. The molecule has 9 nitrogen and oxygen atoms in total. The van der Waals surface area contributed by atoms with Crippen LogP contribution in [0.5, 0.6) is 0 Å². The van der Waals surface area contributed by atoms with Crippen molar-refractivity contribution in [1.29, 1.82) is 0 Å². The number of carboxylic acids is 1. The fourth-order valence-electron chi connectivity index (χ4n) is 3.24. The molecule has 0 saturated heterocycles. The first-order valence-electron chi connectivity index (χ1n) is 11.4. The molecule has 6 atom stereocenters. The van der Waals surface area contributed by atoms with E-state index in [4.69, 9.17) is 5.73 Å². The number of amides is 3. The number of rotatable bonds is 13. The van der Waals surface area contributed by atoms with Gasteiger partial charge in [0.1, 0.15) is 18.1 Å². The normalized spacial score (nSPS) is 16.4. The third kappa shape index (κ3) is 8.84. The number of hydrogen-bond donors (Lipinski definition) is 5. The predicted molar refractivity (Wildman–Crippen MR) is 126 cm³/mol. The summed E-state index contributed by atoms with van der Waals surface area (Å²) >= 11 is 0. The molecule has 0 saturated carbocycles. The molecule has 6 N–H and O–H groups in total. The molecule has 0 aliphatic carbocycles. The van der Waals surface area contributed by atoms with Crippen LogP contribution in [0.4, 0.5) is 0 Å². The Labute approximate surface area is 195 Å². The largest absolute Gasteiger partial charge is 0.480 e. The second-order valence-electron chi connectivity index (χ2n) is 8.62. The lowest BCUT2D eigenvalue weighted by atomic mass is 9.94. The number of carbonyl (C=O) groups is 4. The Morgan fingerprint density at radius 1 is 0.818 bits per heavy atom. The predicted octanol–water partition coefficient (Wildman–Crippen LogP) is 1.21. The minimum absolute atomic E-state index is 0.114. The number of carboxylic acid groups (broad SMARTS) is 1. The van der Waals surface area contributed by atoms with Gasteiger partial charge < -0.3 is 26.8 Å². The maximum atomic E-state index is 13.1. The van der Waals surface area contributed by atoms with Gasteiger partial charge in [0.2, 0.25) is 17.7 Å². The van der Waals surface area contributed by atoms with Gasteiger partial charge in [-0.3, -0.25) is 14.4 Å². The fraction of sp³-hybridized carbons (Fsp3) is 0.583. The highest BCUT2D eigenvalue weighted by Gasteiger charge is 2.34. The smallest absolute Gasteiger partial charge is 0.326 e. The van der Waals surface area contributed by atoms with E-state index >= 15 is 0 Å². The molecule has 9 heteroatoms. The molecule has 0 bridgehead atoms. The Balaban J connectivity index is 3.03. The Morgan fingerprint density at radius 2 is 1.27 bits per heavy atom. The van der Waals surface area contributed by atoms with Gasteiger partial charge in [-0.2, -0.15) is 0 Å². The molecule has 1 rings (SSSR count). The topological polar surface area (TPSA) is 151 Å². The van der Waals surface area contributed by atoms with Crippen LogP contribution in [0.2, 0.25) is 0 Å². The highest BCUT2D eigenvalue weighted by Crippen LogP contribution is 2.13. The van der Waals surface area contributed by atoms with Gasteiger partial charge in [0, 0.05) is 6.42 Å². The van der Waals surface area contributed by atoms with Crippen molar-refractivity contribution >= 4 is 23.7 Å². The molecule has 1 aromatic rings. The van der Waals surface area contributed by atoms with Crippen molar-refractivity contribution in [2.75, 3.05) is 0 Å². The van der Waals surface area contributed by atoms with Crippen LogP contribution < -0.4 is 21.7 Å². The van der Waals surface area contributed by atoms with Gasteiger partial charge in [-0.05, 0) is 24.3 Å². The summed E-state index contributed by atoms with van der Waals surface area (Å²) in [6.07, 6.45) is 1.31. The second-order valence-corrected chi connectivity index (χ2v) is 8.62. The molecule has 1 aromatic carbocycles. The van der Waals surface area contributed by atoms with Gasteiger partial charge >= 0.3 is 5.97 Å². The molecule has 0 aliphatic heterocycles. The molecule has 0 aliphatic rings. The van der Waals surface area contributed by atoms with E-state index in [-0.39, 0.29) is 18.3 Å². The molecule has 0 radical (unpaired) electrons. The average molecular weight is 463 g/mol. The van der Waals surface area contributed by atoms with Crippen LogP contribution in [0, 0.1) is 11.8 Å². The lowest BCUT2D eigenvalue weighted by Crippen LogP contribution is -2.60. The molecule has 184 valence electrons. The fourth-order valence-corrected chi connectivity index (χ4v) is 3.24. The summed E-state index contributed by atoms with van der Waals surface area (Å²) in [4.78, 5) is 50.1. The van der Waals surface area contributed by atoms with Gasteiger partial charge in [0.25, 0.3) is 0 Å². The highest BCUT2D eigenvalue weighted by atomic mass is 16.4. The third-order valence-electron chi connectivity index (χ3n) is 5.90. The van der Waals surface area contributed by atoms with E-state index in [0.29, 0.717) is 12.8 Å². The highest BCUT2D eigenvalue weighted by molar-refractivity contribution is 5.94. The van der Waals surface area contributed by atoms with Crippen molar-refractivity contribution in [3.63, 3.8) is 0 Å². The third-order valence-corrected chi connectivity index (χ3v) is 5.90. The number of nitrogens with one attached hydrogen (secondary N) is 3. The maximum absolute atomic E-state index is 13.1. The molecule has 0 spiro atoms. The van der Waals surface area contributed by atoms with Crippen molar-refractivity contribution in [2.45, 2.75) is 78.0 Å². The Kier molecular flexibility index (Phi) is 11.6. The first-order chi connectivity index (χ1) is 15.5. The SMILES string of the molecule is CCC(C)C(NC(=O)C(C)N)C(=O)NC(C(=O)NC(Cc1ccccc1)C(=O)O)C(C)CC. The lowest BCUT2D eigenvalue weighted by Gasteiger charge is -2.30. The zero-order chi connectivity index (χ0) is 25.1. The van der Waals surface area contributed by atoms with Crippen molar-refractivity contribution in [1.82, 2.24) is 16.0 Å². The van der Waals surface area contributed by atoms with Crippen LogP contribution >= 0.6 is 0 Å². The van der Waals surface area contributed by atoms with Gasteiger partial charge in [-0.15, -0.1) is 0 Å². The number of benzene rings is 1. The van der Waals surface area contributed by atoms with Crippen molar-refractivity contribution in [3.8, 4) is 0 Å². The van der Waals surface area contributed by atoms with Crippen molar-refractivity contribution in [3.05, 3.63) is 35.9 Å². The number of nitrogens with two attached hydrogens (primary N) is 1. The van der Waals surface area contributed by atoms with E-state index in [1.54, 1.807) is 31.2 Å². The summed E-state index contributed by atoms with van der Waals surface area (Å²) in [5, 5.41) is 17.6. The lowest BCUT2D eigenvalue weighted by molar-refractivity contribution is -0.142. The summed E-state index contributed by atoms with van der Waals surface area (Å²) in [6.45, 7) is 8.92. The van der Waals surface area contributed by atoms with Crippen LogP contribution in [0.3, 0.4) is 0 Å². The molecular formula is C24H38N4O5. The van der Waals surface area contributed by atoms with E-state index in [9.17, 15) is 24.3 Å². The van der Waals surface area contributed by atoms with Crippen molar-refractivity contribution in [2.24, 2.45) is 17.6 Å². The standard InChI is InChI=1S/C24H38N4O5/c1-6-14(3)19(28-23(31)20(15(4)7-2)27-21(29)16(5)25)22(30)26-18(24(32)33)13-17-11-9-8-10-12-17/h8-12,14-16,18-20H,6-7,13,25H2,1-5H3,(H,26,30)(H,27,29)(H,28,31)(H,32,33). The van der Waals surface area contributed by atoms with Crippen LogP contribution in [0.25, 0.3) is 0 Å². The van der Waals surface area contributed by atoms with Crippen LogP contribution in [0.1, 0.15) is 53.0 Å². The van der Waals surface area contributed by atoms with Gasteiger partial charge in [-0.1, -0.05) is 70.9 Å². The molecule has 3 amide bonds. The van der Waals surface area contributed by atoms with Crippen LogP contribution in [-0.4, -0.2) is 53.0 Å². The number of carbonyl (C=O) groups excluding carboxylic acids is 3. The Morgan fingerprint density at radius 3 is 1.70 bits per heavy atom. The van der Waals surface area contributed by atoms with E-state index in [1.165, 1.54) is 6.92 Å². The number of aliphatic carboxylic acids is 1. The zero-order valence-corrected chi connectivity index (χ0v) is 20.1. The maximum Gasteiger partial charge on any atom is 0.326 e. The van der Waals surface area contributed by atoms with E-state index in [2.05, 4.69) is 16.0 Å². The van der Waals surface area contributed by atoms with Gasteiger partial charge in [-0.25, -0.2) is 4.79 Å². The summed E-state index contributed by atoms with van der Waals surface area (Å²) in [5.41, 5.74) is 6.40. The van der Waals surface area contributed by atoms with E-state index in [0.717, 1.165) is 5.56 Å². The van der Waals surface area contributed by atoms with Crippen LogP contribution in [-0.2, 0) is 25.6 Å². The molecule has 0 heterocycles. The summed E-state index contributed by atoms with van der Waals surface area (Å²) in [6, 6.07) is 5.23. The summed E-state index contributed by atoms with van der Waals surface area (Å²) in [5.74, 6) is -3.17. The molecule has 33 heavy (non-hydrogen) atoms. The Hall–Kier alpha value is -2.94. The quantitative estimate of drug-likeness (QED) is 0.297. The Bertz CT molecular complexity index is 799. The summed E-state index contributed by atoms with van der Waals surface area (Å²) < 4.78 is 0. The average Bonchev–Trinajstić information content (AvgIpc) is 2.79. The molecule has 0 fully saturated rings. The second kappa shape index (κ2) is 13.6. The number of hydrogen-bond acceptors (Lipinski definition) is 5. The molecule has 6 unspecified atom stereocenters. The van der Waals surface area contributed by atoms with Gasteiger partial charge in [0.05, 0.1) is 6.04 Å². The minimum Gasteiger partial charge on any atom is -0.480 e. The summed E-state index contributed by atoms with van der Waals surface area (Å²) in [7, 11) is 0. The monoisotopic (exact) mass is 462 g/mol. The molecule has 0 aromatic heterocycles. The van der Waals surface area contributed by atoms with E-state index < -0.39 is 47.9 Å². The first kappa shape index (κ1) is 28.1. The van der Waals surface area contributed by atoms with Crippen LogP contribution in [0.15, 0.2) is 30.3 Å².